The standard InChI is InChI=1S/C25H23N3O5/c26-15-5-7-18-21(11-15)33-22-12-16(28-23(29)10-9-20(27)24(30)31)6-8-19(22)25(18)17-4-2-1-3-14(17)13-32-25/h1-8,11-12,20H,9-10,13,26-27H2,(H,28,29)(H,30,31)/t20-,25?/m1/s1. The van der Waals surface area contributed by atoms with Gasteiger partial charge in [0.1, 0.15) is 17.5 Å². The van der Waals surface area contributed by atoms with Crippen molar-refractivity contribution in [2.24, 2.45) is 5.73 Å². The van der Waals surface area contributed by atoms with Crippen LogP contribution in [0.15, 0.2) is 60.7 Å². The van der Waals surface area contributed by atoms with Gasteiger partial charge in [-0.1, -0.05) is 24.3 Å². The first kappa shape index (κ1) is 21.0. The Morgan fingerprint density at radius 1 is 1.03 bits per heavy atom. The van der Waals surface area contributed by atoms with Crippen molar-refractivity contribution in [3.63, 3.8) is 0 Å². The fourth-order valence-corrected chi connectivity index (χ4v) is 4.49. The molecule has 2 aliphatic rings. The van der Waals surface area contributed by atoms with Gasteiger partial charge in [0.2, 0.25) is 5.91 Å². The van der Waals surface area contributed by atoms with Gasteiger partial charge in [0, 0.05) is 41.1 Å². The number of ether oxygens (including phenoxy) is 2. The molecule has 0 saturated heterocycles. The van der Waals surface area contributed by atoms with Crippen LogP contribution in [0, 0.1) is 0 Å². The van der Waals surface area contributed by atoms with Gasteiger partial charge in [-0.25, -0.2) is 0 Å². The van der Waals surface area contributed by atoms with Crippen LogP contribution in [0.4, 0.5) is 11.4 Å². The van der Waals surface area contributed by atoms with E-state index in [0.717, 1.165) is 22.3 Å². The average Bonchev–Trinajstić information content (AvgIpc) is 3.17. The number of carbonyl (C=O) groups is 2. The van der Waals surface area contributed by atoms with E-state index in [1.54, 1.807) is 18.2 Å². The maximum Gasteiger partial charge on any atom is 0.320 e. The van der Waals surface area contributed by atoms with Crippen LogP contribution >= 0.6 is 0 Å². The van der Waals surface area contributed by atoms with E-state index in [9.17, 15) is 9.59 Å². The number of nitrogen functional groups attached to an aromatic ring is 1. The lowest BCUT2D eigenvalue weighted by Gasteiger charge is -2.37. The summed E-state index contributed by atoms with van der Waals surface area (Å²) in [4.78, 5) is 23.2. The molecule has 168 valence electrons. The van der Waals surface area contributed by atoms with Crippen LogP contribution in [0.1, 0.15) is 35.1 Å². The van der Waals surface area contributed by atoms with Crippen LogP contribution in [-0.2, 0) is 26.5 Å². The van der Waals surface area contributed by atoms with Crippen molar-refractivity contribution in [1.29, 1.82) is 0 Å². The van der Waals surface area contributed by atoms with E-state index >= 15 is 0 Å². The third-order valence-electron chi connectivity index (χ3n) is 6.09. The Balaban J connectivity index is 1.51. The van der Waals surface area contributed by atoms with Crippen molar-refractivity contribution < 1.29 is 24.2 Å². The smallest absolute Gasteiger partial charge is 0.320 e. The lowest BCUT2D eigenvalue weighted by molar-refractivity contribution is -0.138. The number of benzene rings is 3. The zero-order chi connectivity index (χ0) is 23.2. The predicted octanol–water partition coefficient (Wildman–Crippen LogP) is 3.33. The molecule has 1 unspecified atom stereocenters. The highest BCUT2D eigenvalue weighted by atomic mass is 16.5. The van der Waals surface area contributed by atoms with Crippen LogP contribution in [0.25, 0.3) is 0 Å². The highest BCUT2D eigenvalue weighted by Gasteiger charge is 2.49. The number of fused-ring (bicyclic) bond motifs is 6. The van der Waals surface area contributed by atoms with Crippen molar-refractivity contribution in [1.82, 2.24) is 0 Å². The molecule has 2 atom stereocenters. The fraction of sp³-hybridized carbons (Fsp3) is 0.200. The molecule has 6 N–H and O–H groups in total. The molecule has 8 heteroatoms. The Labute approximate surface area is 190 Å². The fourth-order valence-electron chi connectivity index (χ4n) is 4.49. The van der Waals surface area contributed by atoms with Gasteiger partial charge in [0.05, 0.1) is 6.61 Å². The first-order valence-electron chi connectivity index (χ1n) is 10.6. The molecule has 2 heterocycles. The first-order chi connectivity index (χ1) is 15.9. The molecular weight excluding hydrogens is 422 g/mol. The third kappa shape index (κ3) is 3.49. The van der Waals surface area contributed by atoms with Gasteiger partial charge in [-0.05, 0) is 41.8 Å². The Bertz CT molecular complexity index is 1270. The molecule has 5 rings (SSSR count). The minimum absolute atomic E-state index is 0.00873. The summed E-state index contributed by atoms with van der Waals surface area (Å²) in [5, 5.41) is 11.7. The molecule has 0 aliphatic carbocycles. The van der Waals surface area contributed by atoms with E-state index in [-0.39, 0.29) is 18.7 Å². The molecule has 0 fully saturated rings. The summed E-state index contributed by atoms with van der Waals surface area (Å²) < 4.78 is 12.7. The number of aliphatic carboxylic acids is 1. The molecule has 8 nitrogen and oxygen atoms in total. The van der Waals surface area contributed by atoms with Gasteiger partial charge < -0.3 is 31.4 Å². The number of carboxylic acid groups (broad SMARTS) is 1. The minimum atomic E-state index is -1.13. The summed E-state index contributed by atoms with van der Waals surface area (Å²) in [6.45, 7) is 0.460. The van der Waals surface area contributed by atoms with Crippen LogP contribution < -0.4 is 21.5 Å². The molecular formula is C25H23N3O5. The van der Waals surface area contributed by atoms with Crippen molar-refractivity contribution in [3.05, 3.63) is 82.9 Å². The van der Waals surface area contributed by atoms with Crippen LogP contribution in [0.2, 0.25) is 0 Å². The van der Waals surface area contributed by atoms with E-state index in [4.69, 9.17) is 26.0 Å². The number of carbonyl (C=O) groups excluding carboxylic acids is 1. The van der Waals surface area contributed by atoms with Gasteiger partial charge in [-0.3, -0.25) is 9.59 Å². The number of carboxylic acids is 1. The minimum Gasteiger partial charge on any atom is -0.480 e. The Morgan fingerprint density at radius 2 is 1.76 bits per heavy atom. The van der Waals surface area contributed by atoms with Crippen LogP contribution in [-0.4, -0.2) is 23.0 Å². The molecule has 2 aliphatic heterocycles. The number of amides is 1. The van der Waals surface area contributed by atoms with Crippen molar-refractivity contribution in [2.45, 2.75) is 31.1 Å². The largest absolute Gasteiger partial charge is 0.480 e. The monoisotopic (exact) mass is 445 g/mol. The van der Waals surface area contributed by atoms with Crippen LogP contribution in [0.5, 0.6) is 11.5 Å². The average molecular weight is 445 g/mol. The van der Waals surface area contributed by atoms with Gasteiger partial charge in [-0.15, -0.1) is 0 Å². The highest BCUT2D eigenvalue weighted by molar-refractivity contribution is 5.91. The number of nitrogens with one attached hydrogen (secondary N) is 1. The number of anilines is 2. The highest BCUT2D eigenvalue weighted by Crippen LogP contribution is 2.56. The van der Waals surface area contributed by atoms with E-state index in [0.29, 0.717) is 29.5 Å². The Kier molecular flexibility index (Phi) is 5.03. The zero-order valence-electron chi connectivity index (χ0n) is 17.7. The summed E-state index contributed by atoms with van der Waals surface area (Å²) >= 11 is 0. The van der Waals surface area contributed by atoms with Crippen molar-refractivity contribution in [3.8, 4) is 11.5 Å². The van der Waals surface area contributed by atoms with E-state index in [1.165, 1.54) is 0 Å². The van der Waals surface area contributed by atoms with Gasteiger partial charge >= 0.3 is 5.97 Å². The number of hydrogen-bond donors (Lipinski definition) is 4. The zero-order valence-corrected chi connectivity index (χ0v) is 17.7. The molecule has 0 radical (unpaired) electrons. The van der Waals surface area contributed by atoms with E-state index in [2.05, 4.69) is 11.4 Å². The topological polar surface area (TPSA) is 137 Å². The second-order valence-electron chi connectivity index (χ2n) is 8.23. The maximum absolute atomic E-state index is 12.3. The quantitative estimate of drug-likeness (QED) is 0.442. The van der Waals surface area contributed by atoms with Gasteiger partial charge in [-0.2, -0.15) is 0 Å². The van der Waals surface area contributed by atoms with Crippen molar-refractivity contribution in [2.75, 3.05) is 11.1 Å². The Hall–Kier alpha value is -3.88. The predicted molar refractivity (Wildman–Crippen MR) is 122 cm³/mol. The molecule has 1 spiro atoms. The second kappa shape index (κ2) is 7.91. The van der Waals surface area contributed by atoms with Gasteiger partial charge in [0.15, 0.2) is 5.60 Å². The maximum atomic E-state index is 12.3. The Morgan fingerprint density at radius 3 is 2.55 bits per heavy atom. The SMILES string of the molecule is Nc1ccc2c(c1)Oc1cc(NC(=O)CC[C@@H](N)C(=O)O)ccc1C21OCc2ccccc21. The second-order valence-corrected chi connectivity index (χ2v) is 8.23. The summed E-state index contributed by atoms with van der Waals surface area (Å²) in [5.74, 6) is -0.325. The summed E-state index contributed by atoms with van der Waals surface area (Å²) in [7, 11) is 0. The van der Waals surface area contributed by atoms with Gasteiger partial charge in [0.25, 0.3) is 0 Å². The summed E-state index contributed by atoms with van der Waals surface area (Å²) in [6.07, 6.45) is 0.0359. The summed E-state index contributed by atoms with van der Waals surface area (Å²) in [5.41, 5.74) is 15.6. The molecule has 0 saturated carbocycles. The number of hydrogen-bond acceptors (Lipinski definition) is 6. The normalized spacial score (nSPS) is 18.6. The van der Waals surface area contributed by atoms with Crippen LogP contribution in [0.3, 0.4) is 0 Å². The summed E-state index contributed by atoms with van der Waals surface area (Å²) in [6, 6.07) is 17.9. The molecule has 3 aromatic rings. The first-order valence-corrected chi connectivity index (χ1v) is 10.6. The van der Waals surface area contributed by atoms with Crippen molar-refractivity contribution >= 4 is 23.3 Å². The van der Waals surface area contributed by atoms with E-state index < -0.39 is 17.6 Å². The molecule has 0 bridgehead atoms. The molecule has 1 amide bonds. The molecule has 0 aromatic heterocycles. The molecule has 3 aromatic carbocycles. The van der Waals surface area contributed by atoms with E-state index in [1.807, 2.05) is 36.4 Å². The number of rotatable bonds is 5. The lowest BCUT2D eigenvalue weighted by atomic mass is 9.77. The number of nitrogens with two attached hydrogens (primary N) is 2. The molecule has 33 heavy (non-hydrogen) atoms. The third-order valence-corrected chi connectivity index (χ3v) is 6.09. The lowest BCUT2D eigenvalue weighted by Crippen LogP contribution is -2.32.